The lowest BCUT2D eigenvalue weighted by Crippen LogP contribution is -2.04. The van der Waals surface area contributed by atoms with Crippen LogP contribution < -0.4 is 11.1 Å². The van der Waals surface area contributed by atoms with Crippen LogP contribution in [-0.4, -0.2) is 16.1 Å². The van der Waals surface area contributed by atoms with Gasteiger partial charge in [-0.15, -0.1) is 0 Å². The quantitative estimate of drug-likeness (QED) is 0.640. The van der Waals surface area contributed by atoms with Crippen molar-refractivity contribution in [1.29, 1.82) is 0 Å². The largest absolute Gasteiger partial charge is 0.478 e. The molecule has 0 aliphatic heterocycles. The van der Waals surface area contributed by atoms with Gasteiger partial charge in [0.15, 0.2) is 0 Å². The van der Waals surface area contributed by atoms with Crippen molar-refractivity contribution in [1.82, 2.24) is 4.98 Å². The zero-order valence-electron chi connectivity index (χ0n) is 11.1. The smallest absolute Gasteiger partial charge is 0.337 e. The van der Waals surface area contributed by atoms with Gasteiger partial charge in [-0.25, -0.2) is 4.79 Å². The number of aromatic carboxylic acids is 1. The van der Waals surface area contributed by atoms with Crippen molar-refractivity contribution in [3.8, 4) is 0 Å². The van der Waals surface area contributed by atoms with Crippen molar-refractivity contribution in [2.75, 3.05) is 11.1 Å². The summed E-state index contributed by atoms with van der Waals surface area (Å²) < 4.78 is 0. The van der Waals surface area contributed by atoms with Gasteiger partial charge in [0, 0.05) is 34.5 Å². The van der Waals surface area contributed by atoms with Gasteiger partial charge in [-0.1, -0.05) is 12.1 Å². The van der Waals surface area contributed by atoms with Gasteiger partial charge in [0.25, 0.3) is 0 Å². The predicted octanol–water partition coefficient (Wildman–Crippen LogP) is 3.26. The van der Waals surface area contributed by atoms with Crippen molar-refractivity contribution in [3.05, 3.63) is 60.4 Å². The minimum absolute atomic E-state index is 0.140. The van der Waals surface area contributed by atoms with E-state index in [4.69, 9.17) is 5.73 Å². The highest BCUT2D eigenvalue weighted by molar-refractivity contribution is 6.00. The number of carboxylic acid groups (broad SMARTS) is 1. The van der Waals surface area contributed by atoms with E-state index >= 15 is 0 Å². The number of pyridine rings is 1. The molecule has 0 aliphatic carbocycles. The third-order valence-electron chi connectivity index (χ3n) is 3.22. The number of fused-ring (bicyclic) bond motifs is 1. The van der Waals surface area contributed by atoms with Gasteiger partial charge in [0.2, 0.25) is 0 Å². The van der Waals surface area contributed by atoms with Crippen LogP contribution in [0.5, 0.6) is 0 Å². The van der Waals surface area contributed by atoms with Crippen molar-refractivity contribution >= 4 is 33.8 Å². The fourth-order valence-electron chi connectivity index (χ4n) is 2.22. The predicted molar refractivity (Wildman–Crippen MR) is 82.8 cm³/mol. The van der Waals surface area contributed by atoms with Gasteiger partial charge < -0.3 is 16.2 Å². The van der Waals surface area contributed by atoms with Crippen LogP contribution in [0.4, 0.5) is 17.1 Å². The molecule has 1 aromatic heterocycles. The Kier molecular flexibility index (Phi) is 3.16. The maximum atomic E-state index is 11.3. The number of carboxylic acids is 1. The van der Waals surface area contributed by atoms with Crippen LogP contribution in [0.2, 0.25) is 0 Å². The van der Waals surface area contributed by atoms with Crippen molar-refractivity contribution in [2.24, 2.45) is 0 Å². The fourth-order valence-corrected chi connectivity index (χ4v) is 2.22. The number of anilines is 3. The third-order valence-corrected chi connectivity index (χ3v) is 3.22. The molecule has 0 bridgehead atoms. The summed E-state index contributed by atoms with van der Waals surface area (Å²) >= 11 is 0. The lowest BCUT2D eigenvalue weighted by atomic mass is 10.1. The monoisotopic (exact) mass is 279 g/mol. The molecule has 5 nitrogen and oxygen atoms in total. The summed E-state index contributed by atoms with van der Waals surface area (Å²) in [4.78, 5) is 15.4. The number of benzene rings is 2. The molecule has 0 radical (unpaired) electrons. The van der Waals surface area contributed by atoms with Crippen LogP contribution in [0.15, 0.2) is 54.9 Å². The maximum absolute atomic E-state index is 11.3. The minimum Gasteiger partial charge on any atom is -0.478 e. The van der Waals surface area contributed by atoms with E-state index in [0.717, 1.165) is 16.5 Å². The first-order valence-corrected chi connectivity index (χ1v) is 6.38. The molecule has 0 aliphatic rings. The van der Waals surface area contributed by atoms with E-state index in [1.54, 1.807) is 24.5 Å². The second kappa shape index (κ2) is 5.13. The van der Waals surface area contributed by atoms with E-state index in [9.17, 15) is 9.90 Å². The Hall–Kier alpha value is -3.08. The van der Waals surface area contributed by atoms with E-state index in [1.165, 1.54) is 6.07 Å². The minimum atomic E-state index is -1.02. The van der Waals surface area contributed by atoms with E-state index in [-0.39, 0.29) is 5.56 Å². The highest BCUT2D eigenvalue weighted by Crippen LogP contribution is 2.28. The molecule has 2 aromatic carbocycles. The Morgan fingerprint density at radius 3 is 2.81 bits per heavy atom. The topological polar surface area (TPSA) is 88.2 Å². The third kappa shape index (κ3) is 2.49. The molecule has 0 atom stereocenters. The molecule has 0 fully saturated rings. The summed E-state index contributed by atoms with van der Waals surface area (Å²) in [5.41, 5.74) is 7.53. The number of carbonyl (C=O) groups is 1. The molecule has 1 heterocycles. The SMILES string of the molecule is Nc1ccc(Nc2cccc3cnccc23)c(C(=O)O)c1. The Morgan fingerprint density at radius 2 is 2.00 bits per heavy atom. The van der Waals surface area contributed by atoms with Crippen LogP contribution in [0.1, 0.15) is 10.4 Å². The molecule has 3 rings (SSSR count). The van der Waals surface area contributed by atoms with Gasteiger partial charge in [-0.2, -0.15) is 0 Å². The number of nitrogens with two attached hydrogens (primary N) is 1. The standard InChI is InChI=1S/C16H13N3O2/c17-11-4-5-15(13(8-11)16(20)21)19-14-3-1-2-10-9-18-7-6-12(10)14/h1-9,19H,17H2,(H,20,21). The molecule has 0 saturated carbocycles. The van der Waals surface area contributed by atoms with E-state index in [2.05, 4.69) is 10.3 Å². The first kappa shape index (κ1) is 12.9. The summed E-state index contributed by atoms with van der Waals surface area (Å²) in [7, 11) is 0. The molecule has 0 amide bonds. The molecule has 0 spiro atoms. The summed E-state index contributed by atoms with van der Waals surface area (Å²) in [5, 5.41) is 14.4. The Bertz CT molecular complexity index is 825. The number of hydrogen-bond donors (Lipinski definition) is 3. The molecule has 104 valence electrons. The summed E-state index contributed by atoms with van der Waals surface area (Å²) in [6.45, 7) is 0. The van der Waals surface area contributed by atoms with Gasteiger partial charge >= 0.3 is 5.97 Å². The van der Waals surface area contributed by atoms with Crippen LogP contribution >= 0.6 is 0 Å². The van der Waals surface area contributed by atoms with Crippen molar-refractivity contribution in [3.63, 3.8) is 0 Å². The fraction of sp³-hybridized carbons (Fsp3) is 0. The Balaban J connectivity index is 2.09. The number of nitrogens with zero attached hydrogens (tertiary/aromatic N) is 1. The summed E-state index contributed by atoms with van der Waals surface area (Å²) in [5.74, 6) is -1.02. The van der Waals surface area contributed by atoms with E-state index in [1.807, 2.05) is 24.3 Å². The van der Waals surface area contributed by atoms with E-state index in [0.29, 0.717) is 11.4 Å². The first-order valence-electron chi connectivity index (χ1n) is 6.38. The average molecular weight is 279 g/mol. The van der Waals surface area contributed by atoms with Crippen LogP contribution in [-0.2, 0) is 0 Å². The maximum Gasteiger partial charge on any atom is 0.337 e. The molecule has 0 saturated heterocycles. The Labute approximate surface area is 121 Å². The number of nitrogens with one attached hydrogen (secondary N) is 1. The zero-order valence-corrected chi connectivity index (χ0v) is 11.1. The molecule has 5 heteroatoms. The lowest BCUT2D eigenvalue weighted by molar-refractivity contribution is 0.0698. The first-order chi connectivity index (χ1) is 10.1. The lowest BCUT2D eigenvalue weighted by Gasteiger charge is -2.12. The normalized spacial score (nSPS) is 10.5. The number of aromatic nitrogens is 1. The Morgan fingerprint density at radius 1 is 1.14 bits per heavy atom. The van der Waals surface area contributed by atoms with Gasteiger partial charge in [-0.3, -0.25) is 4.98 Å². The summed E-state index contributed by atoms with van der Waals surface area (Å²) in [6.07, 6.45) is 3.47. The molecule has 21 heavy (non-hydrogen) atoms. The van der Waals surface area contributed by atoms with Crippen molar-refractivity contribution in [2.45, 2.75) is 0 Å². The average Bonchev–Trinajstić information content (AvgIpc) is 2.49. The second-order valence-corrected chi connectivity index (χ2v) is 4.64. The highest BCUT2D eigenvalue weighted by Gasteiger charge is 2.11. The highest BCUT2D eigenvalue weighted by atomic mass is 16.4. The molecule has 3 aromatic rings. The molecule has 0 unspecified atom stereocenters. The van der Waals surface area contributed by atoms with Gasteiger partial charge in [0.05, 0.1) is 11.3 Å². The number of nitrogen functional groups attached to an aromatic ring is 1. The summed E-state index contributed by atoms with van der Waals surface area (Å²) in [6, 6.07) is 12.4. The van der Waals surface area contributed by atoms with Crippen LogP contribution in [0.3, 0.4) is 0 Å². The van der Waals surface area contributed by atoms with Crippen LogP contribution in [0.25, 0.3) is 10.8 Å². The second-order valence-electron chi connectivity index (χ2n) is 4.64. The van der Waals surface area contributed by atoms with Gasteiger partial charge in [-0.05, 0) is 30.3 Å². The molecular formula is C16H13N3O2. The molecular weight excluding hydrogens is 266 g/mol. The molecule has 4 N–H and O–H groups in total. The van der Waals surface area contributed by atoms with Crippen LogP contribution in [0, 0.1) is 0 Å². The number of hydrogen-bond acceptors (Lipinski definition) is 4. The van der Waals surface area contributed by atoms with E-state index < -0.39 is 5.97 Å². The van der Waals surface area contributed by atoms with Gasteiger partial charge in [0.1, 0.15) is 0 Å². The number of rotatable bonds is 3. The van der Waals surface area contributed by atoms with Crippen molar-refractivity contribution < 1.29 is 9.90 Å². The zero-order chi connectivity index (χ0) is 14.8.